The second-order valence-corrected chi connectivity index (χ2v) is 3.97. The van der Waals surface area contributed by atoms with Crippen LogP contribution in [0.1, 0.15) is 23.2 Å². The number of unbranched alkanes of at least 4 members (excludes halogenated alkanes) is 1. The van der Waals surface area contributed by atoms with Crippen molar-refractivity contribution in [3.63, 3.8) is 0 Å². The van der Waals surface area contributed by atoms with Crippen LogP contribution in [-0.2, 0) is 0 Å². The molecule has 0 heterocycles. The summed E-state index contributed by atoms with van der Waals surface area (Å²) in [5.41, 5.74) is 0.420. The van der Waals surface area contributed by atoms with Crippen molar-refractivity contribution in [2.45, 2.75) is 12.8 Å². The van der Waals surface area contributed by atoms with Crippen LogP contribution in [0.15, 0.2) is 18.2 Å². The fourth-order valence-electron chi connectivity index (χ4n) is 1.39. The van der Waals surface area contributed by atoms with E-state index in [9.17, 15) is 4.79 Å². The van der Waals surface area contributed by atoms with Crippen molar-refractivity contribution in [2.24, 2.45) is 0 Å². The summed E-state index contributed by atoms with van der Waals surface area (Å²) >= 11 is 5.83. The number of nitrogens with one attached hydrogen (secondary N) is 1. The van der Waals surface area contributed by atoms with Gasteiger partial charge in [-0.15, -0.1) is 0 Å². The van der Waals surface area contributed by atoms with Crippen LogP contribution < -0.4 is 10.1 Å². The van der Waals surface area contributed by atoms with Crippen molar-refractivity contribution in [1.29, 1.82) is 0 Å². The molecule has 2 N–H and O–H groups in total. The van der Waals surface area contributed by atoms with Crippen molar-refractivity contribution in [3.05, 3.63) is 28.8 Å². The zero-order chi connectivity index (χ0) is 12.7. The number of amides is 1. The summed E-state index contributed by atoms with van der Waals surface area (Å²) in [6, 6.07) is 4.90. The van der Waals surface area contributed by atoms with Crippen LogP contribution in [0.2, 0.25) is 5.02 Å². The number of halogens is 1. The first-order valence-corrected chi connectivity index (χ1v) is 5.79. The standard InChI is InChI=1S/C12H16ClNO3/c1-17-11-5-4-9(13)8-10(11)12(16)14-6-2-3-7-15/h4-5,8,15H,2-3,6-7H2,1H3,(H,14,16). The average Bonchev–Trinajstić information content (AvgIpc) is 2.34. The number of aliphatic hydroxyl groups excluding tert-OH is 1. The molecule has 0 spiro atoms. The molecule has 0 radical (unpaired) electrons. The fraction of sp³-hybridized carbons (Fsp3) is 0.417. The number of hydrogen-bond donors (Lipinski definition) is 2. The Morgan fingerprint density at radius 3 is 2.88 bits per heavy atom. The minimum absolute atomic E-state index is 0.135. The lowest BCUT2D eigenvalue weighted by Crippen LogP contribution is -2.25. The molecule has 0 saturated heterocycles. The highest BCUT2D eigenvalue weighted by Crippen LogP contribution is 2.22. The maximum atomic E-state index is 11.8. The third kappa shape index (κ3) is 4.24. The zero-order valence-electron chi connectivity index (χ0n) is 9.70. The van der Waals surface area contributed by atoms with Gasteiger partial charge in [-0.1, -0.05) is 11.6 Å². The van der Waals surface area contributed by atoms with Gasteiger partial charge in [-0.2, -0.15) is 0 Å². The molecule has 0 fully saturated rings. The molecule has 0 aliphatic heterocycles. The van der Waals surface area contributed by atoms with Gasteiger partial charge in [0.25, 0.3) is 5.91 Å². The summed E-state index contributed by atoms with van der Waals surface area (Å²) in [7, 11) is 1.51. The molecule has 1 aromatic carbocycles. The van der Waals surface area contributed by atoms with E-state index in [4.69, 9.17) is 21.4 Å². The van der Waals surface area contributed by atoms with Gasteiger partial charge in [-0.3, -0.25) is 4.79 Å². The van der Waals surface area contributed by atoms with Crippen LogP contribution in [0.4, 0.5) is 0 Å². The molecule has 17 heavy (non-hydrogen) atoms. The number of benzene rings is 1. The molecule has 0 aliphatic carbocycles. The largest absolute Gasteiger partial charge is 0.496 e. The Morgan fingerprint density at radius 1 is 1.47 bits per heavy atom. The topological polar surface area (TPSA) is 58.6 Å². The van der Waals surface area contributed by atoms with Crippen molar-refractivity contribution in [2.75, 3.05) is 20.3 Å². The second kappa shape index (κ2) is 7.14. The van der Waals surface area contributed by atoms with Crippen molar-refractivity contribution in [1.82, 2.24) is 5.32 Å². The summed E-state index contributed by atoms with van der Waals surface area (Å²) in [5, 5.41) is 11.9. The zero-order valence-corrected chi connectivity index (χ0v) is 10.5. The minimum Gasteiger partial charge on any atom is -0.496 e. The van der Waals surface area contributed by atoms with E-state index in [1.54, 1.807) is 18.2 Å². The summed E-state index contributed by atoms with van der Waals surface area (Å²) in [4.78, 5) is 11.8. The molecular weight excluding hydrogens is 242 g/mol. The van der Waals surface area contributed by atoms with Crippen LogP contribution in [0.3, 0.4) is 0 Å². The number of rotatable bonds is 6. The Kier molecular flexibility index (Phi) is 5.80. The molecule has 0 aromatic heterocycles. The van der Waals surface area contributed by atoms with E-state index in [0.29, 0.717) is 29.3 Å². The Balaban J connectivity index is 2.64. The first kappa shape index (κ1) is 13.8. The average molecular weight is 258 g/mol. The Labute approximate surface area is 106 Å². The van der Waals surface area contributed by atoms with E-state index in [1.807, 2.05) is 0 Å². The van der Waals surface area contributed by atoms with Gasteiger partial charge in [0.1, 0.15) is 5.75 Å². The molecule has 0 bridgehead atoms. The van der Waals surface area contributed by atoms with Gasteiger partial charge in [0, 0.05) is 18.2 Å². The number of hydrogen-bond acceptors (Lipinski definition) is 3. The molecule has 1 amide bonds. The van der Waals surface area contributed by atoms with Crippen molar-refractivity contribution < 1.29 is 14.6 Å². The van der Waals surface area contributed by atoms with Gasteiger partial charge in [0.15, 0.2) is 0 Å². The molecule has 5 heteroatoms. The molecule has 4 nitrogen and oxygen atoms in total. The van der Waals surface area contributed by atoms with E-state index < -0.39 is 0 Å². The highest BCUT2D eigenvalue weighted by atomic mass is 35.5. The van der Waals surface area contributed by atoms with Gasteiger partial charge in [0.05, 0.1) is 12.7 Å². The molecule has 1 rings (SSSR count). The third-order valence-electron chi connectivity index (χ3n) is 2.28. The van der Waals surface area contributed by atoms with Crippen LogP contribution in [0, 0.1) is 0 Å². The summed E-state index contributed by atoms with van der Waals surface area (Å²) in [5.74, 6) is 0.274. The lowest BCUT2D eigenvalue weighted by atomic mass is 10.2. The monoisotopic (exact) mass is 257 g/mol. The van der Waals surface area contributed by atoms with Crippen LogP contribution >= 0.6 is 11.6 Å². The lowest BCUT2D eigenvalue weighted by molar-refractivity contribution is 0.0949. The van der Waals surface area contributed by atoms with E-state index in [2.05, 4.69) is 5.32 Å². The second-order valence-electron chi connectivity index (χ2n) is 3.53. The lowest BCUT2D eigenvalue weighted by Gasteiger charge is -2.09. The van der Waals surface area contributed by atoms with Gasteiger partial charge < -0.3 is 15.2 Å². The molecule has 0 aliphatic rings. The molecular formula is C12H16ClNO3. The van der Waals surface area contributed by atoms with Crippen LogP contribution in [-0.4, -0.2) is 31.3 Å². The smallest absolute Gasteiger partial charge is 0.255 e. The van der Waals surface area contributed by atoms with Gasteiger partial charge >= 0.3 is 0 Å². The highest BCUT2D eigenvalue weighted by molar-refractivity contribution is 6.31. The number of carbonyl (C=O) groups excluding carboxylic acids is 1. The number of carbonyl (C=O) groups is 1. The third-order valence-corrected chi connectivity index (χ3v) is 2.51. The predicted molar refractivity (Wildman–Crippen MR) is 66.7 cm³/mol. The molecule has 94 valence electrons. The number of ether oxygens (including phenoxy) is 1. The van der Waals surface area contributed by atoms with E-state index in [1.165, 1.54) is 7.11 Å². The SMILES string of the molecule is COc1ccc(Cl)cc1C(=O)NCCCCO. The fourth-order valence-corrected chi connectivity index (χ4v) is 1.56. The summed E-state index contributed by atoms with van der Waals surface area (Å²) in [6.45, 7) is 0.658. The maximum absolute atomic E-state index is 11.8. The minimum atomic E-state index is -0.220. The summed E-state index contributed by atoms with van der Waals surface area (Å²) < 4.78 is 5.09. The van der Waals surface area contributed by atoms with Gasteiger partial charge in [-0.25, -0.2) is 0 Å². The van der Waals surface area contributed by atoms with E-state index >= 15 is 0 Å². The Hall–Kier alpha value is -1.26. The molecule has 0 saturated carbocycles. The normalized spacial score (nSPS) is 10.1. The highest BCUT2D eigenvalue weighted by Gasteiger charge is 2.11. The summed E-state index contributed by atoms with van der Waals surface area (Å²) in [6.07, 6.45) is 1.41. The number of aliphatic hydroxyl groups is 1. The maximum Gasteiger partial charge on any atom is 0.255 e. The Morgan fingerprint density at radius 2 is 2.24 bits per heavy atom. The van der Waals surface area contributed by atoms with Gasteiger partial charge in [-0.05, 0) is 31.0 Å². The van der Waals surface area contributed by atoms with E-state index in [0.717, 1.165) is 6.42 Å². The van der Waals surface area contributed by atoms with Crippen molar-refractivity contribution in [3.8, 4) is 5.75 Å². The van der Waals surface area contributed by atoms with Crippen molar-refractivity contribution >= 4 is 17.5 Å². The Bertz CT molecular complexity index is 382. The van der Waals surface area contributed by atoms with Crippen LogP contribution in [0.5, 0.6) is 5.75 Å². The van der Waals surface area contributed by atoms with Crippen LogP contribution in [0.25, 0.3) is 0 Å². The molecule has 0 atom stereocenters. The van der Waals surface area contributed by atoms with Gasteiger partial charge in [0.2, 0.25) is 0 Å². The first-order chi connectivity index (χ1) is 8.19. The quantitative estimate of drug-likeness (QED) is 0.765. The first-order valence-electron chi connectivity index (χ1n) is 5.41. The molecule has 0 unspecified atom stereocenters. The molecule has 1 aromatic rings. The number of methoxy groups -OCH3 is 1. The van der Waals surface area contributed by atoms with E-state index in [-0.39, 0.29) is 12.5 Å². The predicted octanol–water partition coefficient (Wildman–Crippen LogP) is 1.85.